The zero-order valence-corrected chi connectivity index (χ0v) is 16.2. The molecule has 1 atom stereocenters. The Kier molecular flexibility index (Phi) is 5.43. The fourth-order valence-electron chi connectivity index (χ4n) is 2.90. The number of carbonyl (C=O) groups is 1. The van der Waals surface area contributed by atoms with Crippen LogP contribution in [0.3, 0.4) is 0 Å². The average molecular weight is 418 g/mol. The van der Waals surface area contributed by atoms with E-state index in [0.717, 1.165) is 25.0 Å². The van der Waals surface area contributed by atoms with Gasteiger partial charge in [-0.3, -0.25) is 0 Å². The van der Waals surface area contributed by atoms with Crippen molar-refractivity contribution in [3.63, 3.8) is 0 Å². The highest BCUT2D eigenvalue weighted by Gasteiger charge is 2.24. The molecular formula is C21H20F2N2O5. The molecule has 1 saturated carbocycles. The topological polar surface area (TPSA) is 93.8 Å². The van der Waals surface area contributed by atoms with Gasteiger partial charge in [0.25, 0.3) is 0 Å². The monoisotopic (exact) mass is 418 g/mol. The van der Waals surface area contributed by atoms with Crippen molar-refractivity contribution < 1.29 is 32.6 Å². The summed E-state index contributed by atoms with van der Waals surface area (Å²) in [5, 5.41) is 11.0. The predicted octanol–water partition coefficient (Wildman–Crippen LogP) is 4.60. The molecule has 0 radical (unpaired) electrons. The number of aromatic nitrogens is 1. The molecule has 3 aromatic rings. The molecular weight excluding hydrogens is 398 g/mol. The third kappa shape index (κ3) is 4.61. The van der Waals surface area contributed by atoms with Crippen LogP contribution in [0.4, 0.5) is 13.6 Å². The van der Waals surface area contributed by atoms with Crippen molar-refractivity contribution in [2.45, 2.75) is 25.8 Å². The second-order valence-electron chi connectivity index (χ2n) is 7.33. The molecule has 4 rings (SSSR count). The van der Waals surface area contributed by atoms with E-state index in [2.05, 4.69) is 10.3 Å². The molecule has 0 spiro atoms. The van der Waals surface area contributed by atoms with E-state index in [1.54, 1.807) is 25.1 Å². The molecule has 158 valence electrons. The van der Waals surface area contributed by atoms with Gasteiger partial charge in [0.1, 0.15) is 17.9 Å². The van der Waals surface area contributed by atoms with E-state index in [1.165, 1.54) is 0 Å². The van der Waals surface area contributed by atoms with E-state index in [-0.39, 0.29) is 23.8 Å². The molecule has 1 amide bonds. The maximum Gasteiger partial charge on any atom is 0.404 e. The number of oxazole rings is 1. The lowest BCUT2D eigenvalue weighted by Gasteiger charge is -2.12. The lowest BCUT2D eigenvalue weighted by Crippen LogP contribution is -2.35. The van der Waals surface area contributed by atoms with Crippen molar-refractivity contribution in [3.8, 4) is 23.0 Å². The largest absolute Gasteiger partial charge is 0.491 e. The second-order valence-corrected chi connectivity index (χ2v) is 7.33. The van der Waals surface area contributed by atoms with E-state index in [9.17, 15) is 13.6 Å². The Hall–Kier alpha value is -3.36. The minimum absolute atomic E-state index is 0.0644. The Morgan fingerprint density at radius 1 is 1.27 bits per heavy atom. The SMILES string of the molecule is C[C@@H](COc1ccc2nc(-c3cc(F)c(OCC4CC4)c(F)c3)oc2c1)NC(=O)O. The van der Waals surface area contributed by atoms with Gasteiger partial charge in [-0.25, -0.2) is 18.6 Å². The smallest absolute Gasteiger partial charge is 0.404 e. The molecule has 9 heteroatoms. The Morgan fingerprint density at radius 2 is 2.00 bits per heavy atom. The molecule has 1 fully saturated rings. The van der Waals surface area contributed by atoms with Gasteiger partial charge in [0.2, 0.25) is 5.89 Å². The van der Waals surface area contributed by atoms with Gasteiger partial charge in [0.15, 0.2) is 23.0 Å². The molecule has 1 heterocycles. The molecule has 7 nitrogen and oxygen atoms in total. The van der Waals surface area contributed by atoms with Crippen molar-refractivity contribution >= 4 is 17.2 Å². The molecule has 2 N–H and O–H groups in total. The van der Waals surface area contributed by atoms with Crippen molar-refractivity contribution in [2.24, 2.45) is 5.92 Å². The van der Waals surface area contributed by atoms with Gasteiger partial charge >= 0.3 is 6.09 Å². The second kappa shape index (κ2) is 8.17. The van der Waals surface area contributed by atoms with Gasteiger partial charge < -0.3 is 24.3 Å². The summed E-state index contributed by atoms with van der Waals surface area (Å²) < 4.78 is 45.2. The summed E-state index contributed by atoms with van der Waals surface area (Å²) in [6.07, 6.45) is 0.903. The molecule has 0 bridgehead atoms. The Morgan fingerprint density at radius 3 is 2.67 bits per heavy atom. The van der Waals surface area contributed by atoms with Crippen molar-refractivity contribution in [1.82, 2.24) is 10.3 Å². The maximum atomic E-state index is 14.4. The zero-order chi connectivity index (χ0) is 21.3. The van der Waals surface area contributed by atoms with E-state index in [1.807, 2.05) is 0 Å². The number of ether oxygens (including phenoxy) is 2. The van der Waals surface area contributed by atoms with E-state index < -0.39 is 23.8 Å². The Labute approximate surface area is 170 Å². The van der Waals surface area contributed by atoms with Gasteiger partial charge in [-0.15, -0.1) is 0 Å². The first kappa shape index (κ1) is 19.9. The van der Waals surface area contributed by atoms with Crippen LogP contribution in [-0.4, -0.2) is 35.4 Å². The Balaban J connectivity index is 1.51. The molecule has 1 aliphatic rings. The van der Waals surface area contributed by atoms with Crippen LogP contribution in [0.1, 0.15) is 19.8 Å². The highest BCUT2D eigenvalue weighted by Crippen LogP contribution is 2.34. The molecule has 0 aliphatic heterocycles. The number of rotatable bonds is 8. The molecule has 2 aromatic carbocycles. The van der Waals surface area contributed by atoms with Crippen LogP contribution in [0.25, 0.3) is 22.6 Å². The van der Waals surface area contributed by atoms with Crippen LogP contribution >= 0.6 is 0 Å². The van der Waals surface area contributed by atoms with Gasteiger partial charge in [-0.2, -0.15) is 0 Å². The van der Waals surface area contributed by atoms with Crippen molar-refractivity contribution in [1.29, 1.82) is 0 Å². The highest BCUT2D eigenvalue weighted by atomic mass is 19.1. The van der Waals surface area contributed by atoms with Crippen LogP contribution in [0.2, 0.25) is 0 Å². The third-order valence-corrected chi connectivity index (χ3v) is 4.64. The standard InChI is InChI=1S/C21H20F2N2O5/c1-11(24-21(26)27)9-28-14-4-5-17-18(8-14)30-20(25-17)13-6-15(22)19(16(23)7-13)29-10-12-2-3-12/h4-8,11-12,24H,2-3,9-10H2,1H3,(H,26,27)/t11-/m0/s1. The van der Waals surface area contributed by atoms with Crippen molar-refractivity contribution in [3.05, 3.63) is 42.0 Å². The third-order valence-electron chi connectivity index (χ3n) is 4.64. The number of carboxylic acid groups (broad SMARTS) is 1. The van der Waals surface area contributed by atoms with Gasteiger partial charge in [-0.05, 0) is 49.9 Å². The van der Waals surface area contributed by atoms with Crippen LogP contribution < -0.4 is 14.8 Å². The summed E-state index contributed by atoms with van der Waals surface area (Å²) in [5.41, 5.74) is 1.02. The maximum absolute atomic E-state index is 14.4. The highest BCUT2D eigenvalue weighted by molar-refractivity contribution is 5.77. The van der Waals surface area contributed by atoms with Crippen LogP contribution in [0.5, 0.6) is 11.5 Å². The predicted molar refractivity (Wildman–Crippen MR) is 104 cm³/mol. The number of halogens is 2. The van der Waals surface area contributed by atoms with Gasteiger partial charge in [0, 0.05) is 11.6 Å². The van der Waals surface area contributed by atoms with Gasteiger partial charge in [-0.1, -0.05) is 0 Å². The summed E-state index contributed by atoms with van der Waals surface area (Å²) in [5.74, 6) is -1.12. The summed E-state index contributed by atoms with van der Waals surface area (Å²) in [6, 6.07) is 6.73. The fourth-order valence-corrected chi connectivity index (χ4v) is 2.90. The van der Waals surface area contributed by atoms with Crippen LogP contribution in [-0.2, 0) is 0 Å². The number of nitrogens with one attached hydrogen (secondary N) is 1. The summed E-state index contributed by atoms with van der Waals surface area (Å²) in [7, 11) is 0. The molecule has 0 unspecified atom stereocenters. The van der Waals surface area contributed by atoms with Crippen LogP contribution in [0.15, 0.2) is 34.7 Å². The summed E-state index contributed by atoms with van der Waals surface area (Å²) in [6.45, 7) is 2.09. The number of fused-ring (bicyclic) bond motifs is 1. The Bertz CT molecular complexity index is 1060. The molecule has 30 heavy (non-hydrogen) atoms. The quantitative estimate of drug-likeness (QED) is 0.555. The number of nitrogens with zero attached hydrogens (tertiary/aromatic N) is 1. The molecule has 1 aromatic heterocycles. The summed E-state index contributed by atoms with van der Waals surface area (Å²) in [4.78, 5) is 14.9. The zero-order valence-electron chi connectivity index (χ0n) is 16.2. The average Bonchev–Trinajstić information content (AvgIpc) is 3.41. The van der Waals surface area contributed by atoms with Gasteiger partial charge in [0.05, 0.1) is 12.6 Å². The minimum Gasteiger partial charge on any atom is -0.491 e. The van der Waals surface area contributed by atoms with E-state index >= 15 is 0 Å². The van der Waals surface area contributed by atoms with Crippen LogP contribution in [0, 0.1) is 17.6 Å². The molecule has 1 aliphatic carbocycles. The number of benzene rings is 2. The lowest BCUT2D eigenvalue weighted by atomic mass is 10.2. The normalized spacial score (nSPS) is 14.5. The first-order valence-corrected chi connectivity index (χ1v) is 9.54. The number of hydrogen-bond acceptors (Lipinski definition) is 5. The van der Waals surface area contributed by atoms with Crippen molar-refractivity contribution in [2.75, 3.05) is 13.2 Å². The first-order valence-electron chi connectivity index (χ1n) is 9.54. The molecule has 0 saturated heterocycles. The lowest BCUT2D eigenvalue weighted by molar-refractivity contribution is 0.183. The van der Waals surface area contributed by atoms with E-state index in [4.69, 9.17) is 19.0 Å². The van der Waals surface area contributed by atoms with E-state index in [0.29, 0.717) is 29.4 Å². The number of amides is 1. The number of hydrogen-bond donors (Lipinski definition) is 2. The minimum atomic E-state index is -1.13. The summed E-state index contributed by atoms with van der Waals surface area (Å²) >= 11 is 0. The fraction of sp³-hybridized carbons (Fsp3) is 0.333. The first-order chi connectivity index (χ1) is 14.4.